The van der Waals surface area contributed by atoms with Crippen molar-refractivity contribution in [1.82, 2.24) is 0 Å². The second kappa shape index (κ2) is 32.4. The summed E-state index contributed by atoms with van der Waals surface area (Å²) in [5.41, 5.74) is 0. The van der Waals surface area contributed by atoms with E-state index in [1.165, 1.54) is 0 Å². The topological polar surface area (TPSA) is 80.3 Å². The molecule has 8 heavy (non-hydrogen) atoms. The van der Waals surface area contributed by atoms with Gasteiger partial charge in [0.15, 0.2) is 0 Å². The fourth-order valence-electron chi connectivity index (χ4n) is 0. The van der Waals surface area contributed by atoms with Gasteiger partial charge in [-0.3, -0.25) is 0 Å². The predicted molar refractivity (Wildman–Crippen MR) is 27.2 cm³/mol. The summed E-state index contributed by atoms with van der Waals surface area (Å²) in [6, 6.07) is 0. The fourth-order valence-corrected chi connectivity index (χ4v) is 0. The maximum atomic E-state index is 8.46. The zero-order valence-electron chi connectivity index (χ0n) is 3.49. The molecule has 0 aliphatic carbocycles. The van der Waals surface area contributed by atoms with E-state index in [9.17, 15) is 0 Å². The average molecular weight is 248 g/mol. The second-order valence-electron chi connectivity index (χ2n) is 0.192. The molecule has 0 saturated heterocycles. The van der Waals surface area contributed by atoms with Crippen molar-refractivity contribution in [2.45, 2.75) is 0 Å². The first-order valence-electron chi connectivity index (χ1n) is 0.943. The van der Waals surface area contributed by atoms with Crippen molar-refractivity contribution in [3.63, 3.8) is 0 Å². The minimum atomic E-state index is -1.75. The van der Waals surface area contributed by atoms with Gasteiger partial charge in [-0.15, -0.1) is 0 Å². The summed E-state index contributed by atoms with van der Waals surface area (Å²) >= 11 is -3.50. The molecule has 8 heteroatoms. The molecule has 0 fully saturated rings. The van der Waals surface area contributed by atoms with Gasteiger partial charge in [0, 0.05) is 0 Å². The Morgan fingerprint density at radius 1 is 1.00 bits per heavy atom. The minimum absolute atomic E-state index is 0. The fraction of sp³-hybridized carbons (Fsp3) is 0. The van der Waals surface area contributed by atoms with Crippen LogP contribution in [0.4, 0.5) is 0 Å². The van der Waals surface area contributed by atoms with Crippen LogP contribution < -0.4 is 8.32 Å². The van der Waals surface area contributed by atoms with E-state index in [0.29, 0.717) is 0 Å². The Labute approximate surface area is 127 Å². The van der Waals surface area contributed by atoms with Gasteiger partial charge in [-0.1, -0.05) is 0 Å². The third-order valence-corrected chi connectivity index (χ3v) is 0. The molecule has 0 unspecified atom stereocenters. The summed E-state index contributed by atoms with van der Waals surface area (Å²) < 4.78 is 33.8. The summed E-state index contributed by atoms with van der Waals surface area (Å²) in [7, 11) is 0. The van der Waals surface area contributed by atoms with Gasteiger partial charge in [-0.25, -0.2) is 0 Å². The van der Waals surface area contributed by atoms with Crippen LogP contribution >= 0.6 is 0 Å². The van der Waals surface area contributed by atoms with Gasteiger partial charge in [0.05, 0.1) is 0 Å². The molecule has 0 aromatic rings. The monoisotopic (exact) mass is 248 g/mol. The van der Waals surface area contributed by atoms with Crippen molar-refractivity contribution in [2.75, 3.05) is 0 Å². The third kappa shape index (κ3) is 63.9. The molecule has 0 bridgehead atoms. The van der Waals surface area contributed by atoms with Crippen molar-refractivity contribution >= 4 is 114 Å². The van der Waals surface area contributed by atoms with Crippen LogP contribution in [0.25, 0.3) is 0 Å². The van der Waals surface area contributed by atoms with E-state index in [1.54, 1.807) is 0 Å². The molecule has 0 saturated carbocycles. The van der Waals surface area contributed by atoms with Gasteiger partial charge >= 0.3 is 130 Å². The molecule has 0 amide bonds. The van der Waals surface area contributed by atoms with Gasteiger partial charge in [-0.2, -0.15) is 0 Å². The maximum absolute atomic E-state index is 8.46. The first-order valence-corrected chi connectivity index (χ1v) is 2.83. The summed E-state index contributed by atoms with van der Waals surface area (Å²) in [5, 5.41) is 0. The van der Waals surface area contributed by atoms with E-state index in [4.69, 9.17) is 15.9 Å². The number of rotatable bonds is 0. The van der Waals surface area contributed by atoms with Crippen molar-refractivity contribution in [3.05, 3.63) is 0 Å². The third-order valence-electron chi connectivity index (χ3n) is 0. The molecular formula is H2Al2CaO4Sr. The molecule has 0 aliphatic rings. The Hall–Kier alpha value is 3.01. The van der Waals surface area contributed by atoms with Crippen LogP contribution in [-0.2, 0) is 7.61 Å². The normalized spacial score (nSPS) is 2.00. The summed E-state index contributed by atoms with van der Waals surface area (Å²) in [4.78, 5) is 0. The quantitative estimate of drug-likeness (QED) is 0.403. The SMILES string of the molecule is [Ca+2].[O]=[Al][O-].[O]=[Al][O-].[SrH2]. The van der Waals surface area contributed by atoms with Crippen LogP contribution in [0.3, 0.4) is 0 Å². The molecule has 4 nitrogen and oxygen atoms in total. The van der Waals surface area contributed by atoms with E-state index in [-0.39, 0.29) is 83.2 Å². The van der Waals surface area contributed by atoms with Crippen LogP contribution in [0.5, 0.6) is 0 Å². The Morgan fingerprint density at radius 3 is 1.00 bits per heavy atom. The molecule has 0 rings (SSSR count). The first-order chi connectivity index (χ1) is 2.83. The van der Waals surface area contributed by atoms with Crippen LogP contribution in [0, 0.1) is 0 Å². The van der Waals surface area contributed by atoms with E-state index in [2.05, 4.69) is 0 Å². The van der Waals surface area contributed by atoms with Gasteiger partial charge < -0.3 is 0 Å². The zero-order valence-corrected chi connectivity index (χ0v) is 8.01. The average Bonchev–Trinajstić information content (AvgIpc) is 1.39. The molecule has 0 atom stereocenters. The Balaban J connectivity index is -0.0000000160. The molecule has 0 aromatic heterocycles. The van der Waals surface area contributed by atoms with Crippen LogP contribution in [0.1, 0.15) is 0 Å². The molecular weight excluding hydrogens is 246 g/mol. The zero-order chi connectivity index (χ0) is 5.41. The Bertz CT molecular complexity index is 35.0. The first kappa shape index (κ1) is 22.4. The van der Waals surface area contributed by atoms with Gasteiger partial charge in [-0.05, 0) is 0 Å². The van der Waals surface area contributed by atoms with Crippen molar-refractivity contribution in [3.8, 4) is 0 Å². The Morgan fingerprint density at radius 2 is 1.00 bits per heavy atom. The van der Waals surface area contributed by atoms with Crippen LogP contribution in [0.15, 0.2) is 0 Å². The Kier molecular flexibility index (Phi) is 90.9. The van der Waals surface area contributed by atoms with E-state index >= 15 is 0 Å². The van der Waals surface area contributed by atoms with Crippen LogP contribution in [-0.4, -0.2) is 114 Å². The molecule has 0 spiro atoms. The number of hydrogen-bond acceptors (Lipinski definition) is 4. The summed E-state index contributed by atoms with van der Waals surface area (Å²) in [5.74, 6) is 0. The molecule has 0 N–H and O–H groups in total. The van der Waals surface area contributed by atoms with Gasteiger partial charge in [0.2, 0.25) is 0 Å². The molecule has 0 heterocycles. The van der Waals surface area contributed by atoms with Crippen molar-refractivity contribution in [1.29, 1.82) is 0 Å². The molecule has 36 valence electrons. The van der Waals surface area contributed by atoms with Crippen molar-refractivity contribution in [2.24, 2.45) is 0 Å². The van der Waals surface area contributed by atoms with Crippen molar-refractivity contribution < 1.29 is 15.9 Å². The van der Waals surface area contributed by atoms with Gasteiger partial charge in [0.25, 0.3) is 0 Å². The summed E-state index contributed by atoms with van der Waals surface area (Å²) in [6.07, 6.45) is 0. The standard InChI is InChI=1S/2Al.Ca.4O.Sr.2H/q;;+2;;;2*-1;;;. The second-order valence-corrected chi connectivity index (χ2v) is 0.577. The molecule has 0 aromatic carbocycles. The van der Waals surface area contributed by atoms with E-state index in [0.717, 1.165) is 0 Å². The van der Waals surface area contributed by atoms with Gasteiger partial charge in [0.1, 0.15) is 0 Å². The molecule has 0 aliphatic heterocycles. The van der Waals surface area contributed by atoms with Crippen LogP contribution in [0.2, 0.25) is 0 Å². The van der Waals surface area contributed by atoms with E-state index in [1.807, 2.05) is 0 Å². The molecule has 0 radical (unpaired) electrons. The number of hydrogen-bond donors (Lipinski definition) is 0. The summed E-state index contributed by atoms with van der Waals surface area (Å²) in [6.45, 7) is 0. The predicted octanol–water partition coefficient (Wildman–Crippen LogP) is -4.67. The van der Waals surface area contributed by atoms with E-state index < -0.39 is 31.0 Å².